The summed E-state index contributed by atoms with van der Waals surface area (Å²) in [6, 6.07) is 18.2. The van der Waals surface area contributed by atoms with Crippen molar-refractivity contribution in [3.05, 3.63) is 89.2 Å². The lowest BCUT2D eigenvalue weighted by Gasteiger charge is -2.08. The lowest BCUT2D eigenvalue weighted by molar-refractivity contribution is 0.690. The number of aromatic nitrogens is 3. The van der Waals surface area contributed by atoms with Crippen molar-refractivity contribution < 1.29 is 0 Å². The quantitative estimate of drug-likeness (QED) is 0.441. The minimum atomic E-state index is 0.694. The van der Waals surface area contributed by atoms with E-state index in [0.717, 1.165) is 33.7 Å². The van der Waals surface area contributed by atoms with E-state index in [1.807, 2.05) is 48.5 Å². The molecule has 0 aliphatic rings. The molecule has 3 rings (SSSR count). The standard InChI is InChI=1S/C19H18ClN3S/c1-2-12-23-18(13-15-8-4-3-5-9-15)21-22-19(23)24-14-16-10-6-7-11-17(16)20/h2-11H,1,12-14H2. The summed E-state index contributed by atoms with van der Waals surface area (Å²) < 4.78 is 2.11. The van der Waals surface area contributed by atoms with E-state index in [1.54, 1.807) is 11.8 Å². The molecule has 2 aromatic carbocycles. The van der Waals surface area contributed by atoms with Gasteiger partial charge in [0.2, 0.25) is 0 Å². The number of thioether (sulfide) groups is 1. The van der Waals surface area contributed by atoms with Crippen LogP contribution in [0.25, 0.3) is 0 Å². The molecule has 122 valence electrons. The van der Waals surface area contributed by atoms with Crippen molar-refractivity contribution in [1.29, 1.82) is 0 Å². The van der Waals surface area contributed by atoms with Gasteiger partial charge in [0, 0.05) is 23.7 Å². The van der Waals surface area contributed by atoms with Gasteiger partial charge < -0.3 is 4.57 Å². The van der Waals surface area contributed by atoms with Gasteiger partial charge in [-0.3, -0.25) is 0 Å². The fraction of sp³-hybridized carbons (Fsp3) is 0.158. The Morgan fingerprint density at radius 2 is 1.79 bits per heavy atom. The van der Waals surface area contributed by atoms with Crippen LogP contribution in [-0.2, 0) is 18.7 Å². The molecule has 0 saturated carbocycles. The van der Waals surface area contributed by atoms with Crippen molar-refractivity contribution >= 4 is 23.4 Å². The van der Waals surface area contributed by atoms with Crippen LogP contribution in [0.5, 0.6) is 0 Å². The smallest absolute Gasteiger partial charge is 0.191 e. The van der Waals surface area contributed by atoms with Crippen LogP contribution in [0.3, 0.4) is 0 Å². The fourth-order valence-corrected chi connectivity index (χ4v) is 3.66. The fourth-order valence-electron chi connectivity index (χ4n) is 2.41. The molecule has 1 aromatic heterocycles. The first-order chi connectivity index (χ1) is 11.8. The van der Waals surface area contributed by atoms with E-state index in [4.69, 9.17) is 11.6 Å². The molecule has 0 radical (unpaired) electrons. The van der Waals surface area contributed by atoms with Crippen LogP contribution in [0.2, 0.25) is 5.02 Å². The molecule has 0 fully saturated rings. The Balaban J connectivity index is 1.78. The van der Waals surface area contributed by atoms with Gasteiger partial charge in [0.05, 0.1) is 0 Å². The summed E-state index contributed by atoms with van der Waals surface area (Å²) in [6.07, 6.45) is 2.63. The molecule has 3 nitrogen and oxygen atoms in total. The summed E-state index contributed by atoms with van der Waals surface area (Å²) in [5.41, 5.74) is 2.32. The summed E-state index contributed by atoms with van der Waals surface area (Å²) in [5, 5.41) is 10.4. The molecule has 0 amide bonds. The topological polar surface area (TPSA) is 30.7 Å². The first-order valence-electron chi connectivity index (χ1n) is 7.71. The van der Waals surface area contributed by atoms with E-state index >= 15 is 0 Å². The molecular formula is C19H18ClN3S. The van der Waals surface area contributed by atoms with Crippen LogP contribution in [0.1, 0.15) is 17.0 Å². The van der Waals surface area contributed by atoms with Crippen LogP contribution in [0, 0.1) is 0 Å². The van der Waals surface area contributed by atoms with Crippen LogP contribution >= 0.6 is 23.4 Å². The number of allylic oxidation sites excluding steroid dienone is 1. The number of nitrogens with zero attached hydrogens (tertiary/aromatic N) is 3. The van der Waals surface area contributed by atoms with Crippen molar-refractivity contribution in [3.63, 3.8) is 0 Å². The maximum atomic E-state index is 6.23. The second-order valence-electron chi connectivity index (χ2n) is 5.34. The van der Waals surface area contributed by atoms with Gasteiger partial charge in [0.25, 0.3) is 0 Å². The largest absolute Gasteiger partial charge is 0.302 e. The van der Waals surface area contributed by atoms with Crippen molar-refractivity contribution in [2.45, 2.75) is 23.9 Å². The van der Waals surface area contributed by atoms with Crippen LogP contribution in [0.4, 0.5) is 0 Å². The number of benzene rings is 2. The van der Waals surface area contributed by atoms with Gasteiger partial charge in [0.1, 0.15) is 5.82 Å². The van der Waals surface area contributed by atoms with Crippen molar-refractivity contribution in [2.75, 3.05) is 0 Å². The lowest BCUT2D eigenvalue weighted by atomic mass is 10.1. The third-order valence-corrected chi connectivity index (χ3v) is 5.01. The Kier molecular flexibility index (Phi) is 5.72. The van der Waals surface area contributed by atoms with Gasteiger partial charge in [0.15, 0.2) is 5.16 Å². The Morgan fingerprint density at radius 3 is 2.54 bits per heavy atom. The predicted octanol–water partition coefficient (Wildman–Crippen LogP) is 5.00. The molecular weight excluding hydrogens is 338 g/mol. The molecule has 0 unspecified atom stereocenters. The Hall–Kier alpha value is -2.04. The second-order valence-corrected chi connectivity index (χ2v) is 6.69. The molecule has 0 aliphatic heterocycles. The maximum Gasteiger partial charge on any atom is 0.191 e. The monoisotopic (exact) mass is 355 g/mol. The van der Waals surface area contributed by atoms with Crippen molar-refractivity contribution in [2.24, 2.45) is 0 Å². The summed E-state index contributed by atoms with van der Waals surface area (Å²) >= 11 is 7.87. The first-order valence-corrected chi connectivity index (χ1v) is 9.07. The normalized spacial score (nSPS) is 10.7. The zero-order chi connectivity index (χ0) is 16.8. The SMILES string of the molecule is C=CCn1c(Cc2ccccc2)nnc1SCc1ccccc1Cl. The first kappa shape index (κ1) is 16.8. The van der Waals surface area contributed by atoms with E-state index < -0.39 is 0 Å². The highest BCUT2D eigenvalue weighted by Gasteiger charge is 2.13. The van der Waals surface area contributed by atoms with Gasteiger partial charge in [-0.05, 0) is 17.2 Å². The van der Waals surface area contributed by atoms with E-state index in [2.05, 4.69) is 33.5 Å². The average Bonchev–Trinajstić information content (AvgIpc) is 2.97. The number of hydrogen-bond donors (Lipinski definition) is 0. The molecule has 1 heterocycles. The molecule has 0 bridgehead atoms. The predicted molar refractivity (Wildman–Crippen MR) is 100 cm³/mol. The van der Waals surface area contributed by atoms with Crippen LogP contribution in [0.15, 0.2) is 72.4 Å². The van der Waals surface area contributed by atoms with E-state index in [1.165, 1.54) is 5.56 Å². The zero-order valence-electron chi connectivity index (χ0n) is 13.2. The minimum Gasteiger partial charge on any atom is -0.302 e. The number of halogens is 1. The molecule has 0 atom stereocenters. The number of rotatable bonds is 7. The Labute approximate surface area is 151 Å². The third-order valence-electron chi connectivity index (χ3n) is 3.62. The van der Waals surface area contributed by atoms with Gasteiger partial charge in [-0.25, -0.2) is 0 Å². The summed E-state index contributed by atoms with van der Waals surface area (Å²) in [5.74, 6) is 1.71. The maximum absolute atomic E-state index is 6.23. The van der Waals surface area contributed by atoms with Crippen LogP contribution < -0.4 is 0 Å². The lowest BCUT2D eigenvalue weighted by Crippen LogP contribution is -2.04. The summed E-state index contributed by atoms with van der Waals surface area (Å²) in [6.45, 7) is 4.54. The molecule has 24 heavy (non-hydrogen) atoms. The van der Waals surface area contributed by atoms with Crippen molar-refractivity contribution in [3.8, 4) is 0 Å². The molecule has 0 N–H and O–H groups in total. The third kappa shape index (κ3) is 4.08. The van der Waals surface area contributed by atoms with Crippen LogP contribution in [-0.4, -0.2) is 14.8 Å². The van der Waals surface area contributed by atoms with Crippen molar-refractivity contribution in [1.82, 2.24) is 14.8 Å². The van der Waals surface area contributed by atoms with Gasteiger partial charge in [-0.1, -0.05) is 78.0 Å². The minimum absolute atomic E-state index is 0.694. The van der Waals surface area contributed by atoms with E-state index in [0.29, 0.717) is 6.54 Å². The summed E-state index contributed by atoms with van der Waals surface area (Å²) in [7, 11) is 0. The highest BCUT2D eigenvalue weighted by atomic mass is 35.5. The van der Waals surface area contributed by atoms with Gasteiger partial charge >= 0.3 is 0 Å². The molecule has 0 spiro atoms. The molecule has 0 aliphatic carbocycles. The highest BCUT2D eigenvalue weighted by molar-refractivity contribution is 7.98. The Morgan fingerprint density at radius 1 is 1.04 bits per heavy atom. The molecule has 0 saturated heterocycles. The van der Waals surface area contributed by atoms with Gasteiger partial charge in [-0.2, -0.15) is 0 Å². The molecule has 5 heteroatoms. The second kappa shape index (κ2) is 8.18. The number of hydrogen-bond acceptors (Lipinski definition) is 3. The molecule has 3 aromatic rings. The Bertz CT molecular complexity index is 814. The van der Waals surface area contributed by atoms with E-state index in [-0.39, 0.29) is 0 Å². The summed E-state index contributed by atoms with van der Waals surface area (Å²) in [4.78, 5) is 0. The van der Waals surface area contributed by atoms with E-state index in [9.17, 15) is 0 Å². The zero-order valence-corrected chi connectivity index (χ0v) is 14.8. The van der Waals surface area contributed by atoms with Gasteiger partial charge in [-0.15, -0.1) is 16.8 Å². The highest BCUT2D eigenvalue weighted by Crippen LogP contribution is 2.26. The average molecular weight is 356 g/mol.